The van der Waals surface area contributed by atoms with Gasteiger partial charge in [-0.25, -0.2) is 18.2 Å². The molecule has 0 unspecified atom stereocenters. The molecule has 0 aliphatic rings. The maximum absolute atomic E-state index is 11.6. The molecule has 0 saturated heterocycles. The summed E-state index contributed by atoms with van der Waals surface area (Å²) in [6.45, 7) is 0. The molecule has 0 amide bonds. The highest BCUT2D eigenvalue weighted by molar-refractivity contribution is 7.89. The fraction of sp³-hybridized carbons (Fsp3) is 0. The summed E-state index contributed by atoms with van der Waals surface area (Å²) in [6, 6.07) is 23.0. The molecule has 8 heteroatoms. The first-order chi connectivity index (χ1) is 13.8. The first-order valence-electron chi connectivity index (χ1n) is 8.56. The van der Waals surface area contributed by atoms with Crippen LogP contribution in [0.15, 0.2) is 83.8 Å². The smallest absolute Gasteiger partial charge is 0.232 e. The second-order valence-electron chi connectivity index (χ2n) is 6.38. The van der Waals surface area contributed by atoms with Crippen LogP contribution in [0.25, 0.3) is 28.2 Å². The number of hydrogen-bond donors (Lipinski definition) is 1. The van der Waals surface area contributed by atoms with Crippen LogP contribution >= 0.6 is 23.2 Å². The molecule has 5 nitrogen and oxygen atoms in total. The summed E-state index contributed by atoms with van der Waals surface area (Å²) in [5, 5.41) is 11.2. The molecule has 0 fully saturated rings. The van der Waals surface area contributed by atoms with E-state index >= 15 is 0 Å². The second kappa shape index (κ2) is 7.65. The second-order valence-corrected chi connectivity index (χ2v) is 8.82. The molecular weight excluding hydrogens is 429 g/mol. The standard InChI is InChI=1S/C21H15Cl2N3O2S/c22-16-6-4-14(5-7-16)20-13-21(15-2-1-3-17(23)12-15)26(25-20)18-8-10-19(11-9-18)29(24,27)28/h1-13H,(H2,24,27,28). The predicted octanol–water partition coefficient (Wildman–Crippen LogP) is 5.16. The van der Waals surface area contributed by atoms with Gasteiger partial charge in [0.15, 0.2) is 0 Å². The van der Waals surface area contributed by atoms with Crippen molar-refractivity contribution in [2.75, 3.05) is 0 Å². The third kappa shape index (κ3) is 4.21. The van der Waals surface area contributed by atoms with Crippen LogP contribution in [0.3, 0.4) is 0 Å². The molecule has 0 atom stereocenters. The average molecular weight is 444 g/mol. The number of hydrogen-bond acceptors (Lipinski definition) is 3. The lowest BCUT2D eigenvalue weighted by atomic mass is 10.1. The monoisotopic (exact) mass is 443 g/mol. The highest BCUT2D eigenvalue weighted by atomic mass is 35.5. The zero-order valence-corrected chi connectivity index (χ0v) is 17.3. The Kier molecular flexibility index (Phi) is 5.19. The van der Waals surface area contributed by atoms with Gasteiger partial charge < -0.3 is 0 Å². The molecule has 29 heavy (non-hydrogen) atoms. The summed E-state index contributed by atoms with van der Waals surface area (Å²) in [7, 11) is -3.77. The lowest BCUT2D eigenvalue weighted by molar-refractivity contribution is 0.598. The van der Waals surface area contributed by atoms with E-state index in [0.717, 1.165) is 22.5 Å². The summed E-state index contributed by atoms with van der Waals surface area (Å²) in [4.78, 5) is 0.0376. The lowest BCUT2D eigenvalue weighted by Crippen LogP contribution is -2.12. The van der Waals surface area contributed by atoms with E-state index in [1.54, 1.807) is 35.0 Å². The Morgan fingerprint density at radius 2 is 1.48 bits per heavy atom. The molecule has 0 aliphatic carbocycles. The van der Waals surface area contributed by atoms with Gasteiger partial charge in [0, 0.05) is 21.2 Å². The van der Waals surface area contributed by atoms with Gasteiger partial charge in [-0.3, -0.25) is 0 Å². The van der Waals surface area contributed by atoms with Gasteiger partial charge in [-0.05, 0) is 54.6 Å². The van der Waals surface area contributed by atoms with Crippen molar-refractivity contribution < 1.29 is 8.42 Å². The van der Waals surface area contributed by atoms with E-state index in [0.29, 0.717) is 15.7 Å². The third-order valence-electron chi connectivity index (χ3n) is 4.38. The van der Waals surface area contributed by atoms with E-state index in [4.69, 9.17) is 33.4 Å². The number of nitrogens with zero attached hydrogens (tertiary/aromatic N) is 2. The minimum atomic E-state index is -3.77. The van der Waals surface area contributed by atoms with Gasteiger partial charge in [0.05, 0.1) is 22.0 Å². The van der Waals surface area contributed by atoms with Crippen LogP contribution in [0.5, 0.6) is 0 Å². The van der Waals surface area contributed by atoms with E-state index in [1.165, 1.54) is 12.1 Å². The molecule has 0 radical (unpaired) electrons. The topological polar surface area (TPSA) is 78.0 Å². The van der Waals surface area contributed by atoms with E-state index < -0.39 is 10.0 Å². The van der Waals surface area contributed by atoms with Crippen LogP contribution in [-0.4, -0.2) is 18.2 Å². The SMILES string of the molecule is NS(=O)(=O)c1ccc(-n2nc(-c3ccc(Cl)cc3)cc2-c2cccc(Cl)c2)cc1. The summed E-state index contributed by atoms with van der Waals surface area (Å²) in [6.07, 6.45) is 0. The first-order valence-corrected chi connectivity index (χ1v) is 10.9. The van der Waals surface area contributed by atoms with E-state index in [9.17, 15) is 8.42 Å². The molecule has 0 bridgehead atoms. The van der Waals surface area contributed by atoms with Crippen LogP contribution in [0.1, 0.15) is 0 Å². The van der Waals surface area contributed by atoms with Crippen LogP contribution in [0.2, 0.25) is 10.0 Å². The molecule has 1 heterocycles. The quantitative estimate of drug-likeness (QED) is 0.472. The molecule has 2 N–H and O–H groups in total. The summed E-state index contributed by atoms with van der Waals surface area (Å²) in [5.41, 5.74) is 4.01. The van der Waals surface area contributed by atoms with E-state index in [1.807, 2.05) is 36.4 Å². The van der Waals surface area contributed by atoms with Gasteiger partial charge in [0.1, 0.15) is 0 Å². The number of aromatic nitrogens is 2. The molecule has 4 rings (SSSR count). The number of primary sulfonamides is 1. The van der Waals surface area contributed by atoms with Crippen molar-refractivity contribution in [3.8, 4) is 28.2 Å². The van der Waals surface area contributed by atoms with Crippen molar-refractivity contribution in [3.63, 3.8) is 0 Å². The van der Waals surface area contributed by atoms with Crippen LogP contribution in [0, 0.1) is 0 Å². The van der Waals surface area contributed by atoms with Gasteiger partial charge in [-0.1, -0.05) is 47.5 Å². The number of halogens is 2. The predicted molar refractivity (Wildman–Crippen MR) is 116 cm³/mol. The van der Waals surface area contributed by atoms with Crippen molar-refractivity contribution >= 4 is 33.2 Å². The summed E-state index contributed by atoms with van der Waals surface area (Å²) >= 11 is 12.2. The lowest BCUT2D eigenvalue weighted by Gasteiger charge is -2.08. The third-order valence-corrected chi connectivity index (χ3v) is 5.80. The van der Waals surface area contributed by atoms with Crippen LogP contribution < -0.4 is 5.14 Å². The fourth-order valence-electron chi connectivity index (χ4n) is 2.97. The highest BCUT2D eigenvalue weighted by Crippen LogP contribution is 2.30. The molecular formula is C21H15Cl2N3O2S. The van der Waals surface area contributed by atoms with Crippen molar-refractivity contribution in [1.82, 2.24) is 9.78 Å². The molecule has 0 spiro atoms. The highest BCUT2D eigenvalue weighted by Gasteiger charge is 2.15. The summed E-state index contributed by atoms with van der Waals surface area (Å²) in [5.74, 6) is 0. The molecule has 3 aromatic carbocycles. The summed E-state index contributed by atoms with van der Waals surface area (Å²) < 4.78 is 24.8. The molecule has 0 saturated carbocycles. The van der Waals surface area contributed by atoms with Gasteiger partial charge in [0.25, 0.3) is 0 Å². The normalized spacial score (nSPS) is 11.6. The van der Waals surface area contributed by atoms with Crippen LogP contribution in [0.4, 0.5) is 0 Å². The zero-order chi connectivity index (χ0) is 20.6. The number of sulfonamides is 1. The van der Waals surface area contributed by atoms with Crippen molar-refractivity contribution in [3.05, 3.63) is 88.9 Å². The van der Waals surface area contributed by atoms with Crippen molar-refractivity contribution in [1.29, 1.82) is 0 Å². The maximum atomic E-state index is 11.6. The largest absolute Gasteiger partial charge is 0.238 e. The van der Waals surface area contributed by atoms with E-state index in [-0.39, 0.29) is 4.90 Å². The van der Waals surface area contributed by atoms with Gasteiger partial charge in [0.2, 0.25) is 10.0 Å². The van der Waals surface area contributed by atoms with Crippen LogP contribution in [-0.2, 0) is 10.0 Å². The minimum Gasteiger partial charge on any atom is -0.232 e. The maximum Gasteiger partial charge on any atom is 0.238 e. The van der Waals surface area contributed by atoms with E-state index in [2.05, 4.69) is 0 Å². The number of rotatable bonds is 4. The average Bonchev–Trinajstić information content (AvgIpc) is 3.13. The number of benzene rings is 3. The fourth-order valence-corrected chi connectivity index (χ4v) is 3.80. The molecule has 4 aromatic rings. The van der Waals surface area contributed by atoms with Gasteiger partial charge >= 0.3 is 0 Å². The molecule has 0 aliphatic heterocycles. The Hall–Kier alpha value is -2.64. The Bertz CT molecular complexity index is 1280. The molecule has 146 valence electrons. The minimum absolute atomic E-state index is 0.0376. The Morgan fingerprint density at radius 1 is 0.793 bits per heavy atom. The van der Waals surface area contributed by atoms with Gasteiger partial charge in [-0.15, -0.1) is 0 Å². The number of nitrogens with two attached hydrogens (primary N) is 1. The van der Waals surface area contributed by atoms with Crippen molar-refractivity contribution in [2.45, 2.75) is 4.90 Å². The zero-order valence-electron chi connectivity index (χ0n) is 15.0. The van der Waals surface area contributed by atoms with Crippen molar-refractivity contribution in [2.24, 2.45) is 5.14 Å². The first kappa shape index (κ1) is 19.7. The Labute approximate surface area is 178 Å². The Morgan fingerprint density at radius 3 is 2.10 bits per heavy atom. The Balaban J connectivity index is 1.88. The van der Waals surface area contributed by atoms with Gasteiger partial charge in [-0.2, -0.15) is 5.10 Å². The molecule has 1 aromatic heterocycles.